The number of carbonyl (C=O) groups excluding carboxylic acids is 1. The number of aromatic nitrogens is 3. The Labute approximate surface area is 183 Å². The van der Waals surface area contributed by atoms with Gasteiger partial charge in [-0.1, -0.05) is 32.5 Å². The number of fused-ring (bicyclic) bond motifs is 1. The lowest BCUT2D eigenvalue weighted by Crippen LogP contribution is -2.13. The van der Waals surface area contributed by atoms with E-state index < -0.39 is 0 Å². The number of hydrogen-bond donors (Lipinski definition) is 1. The molecule has 4 aromatic rings. The molecule has 0 aliphatic rings. The van der Waals surface area contributed by atoms with Gasteiger partial charge in [-0.3, -0.25) is 4.79 Å². The van der Waals surface area contributed by atoms with E-state index in [2.05, 4.69) is 20.5 Å². The minimum Gasteiger partial charge on any atom is -0.497 e. The van der Waals surface area contributed by atoms with E-state index >= 15 is 0 Å². The first-order valence-electron chi connectivity index (χ1n) is 9.63. The maximum atomic E-state index is 12.4. The highest BCUT2D eigenvalue weighted by Crippen LogP contribution is 2.28. The van der Waals surface area contributed by atoms with Crippen molar-refractivity contribution in [2.75, 3.05) is 18.2 Å². The maximum Gasteiger partial charge on any atom is 0.277 e. The molecule has 1 amide bonds. The number of nitrogens with zero attached hydrogens (tertiary/aromatic N) is 3. The van der Waals surface area contributed by atoms with E-state index in [0.717, 1.165) is 11.3 Å². The number of ether oxygens (including phenoxy) is 1. The van der Waals surface area contributed by atoms with Crippen molar-refractivity contribution >= 4 is 34.5 Å². The first-order chi connectivity index (χ1) is 14.8. The van der Waals surface area contributed by atoms with Crippen molar-refractivity contribution < 1.29 is 18.4 Å². The number of oxazole rings is 1. The fourth-order valence-corrected chi connectivity index (χ4v) is 3.33. The first kappa shape index (κ1) is 20.9. The van der Waals surface area contributed by atoms with Crippen LogP contribution in [0.4, 0.5) is 5.69 Å². The van der Waals surface area contributed by atoms with Crippen LogP contribution < -0.4 is 10.1 Å². The molecule has 0 saturated carbocycles. The van der Waals surface area contributed by atoms with Crippen LogP contribution in [0.1, 0.15) is 26.7 Å². The predicted octanol–water partition coefficient (Wildman–Crippen LogP) is 4.91. The van der Waals surface area contributed by atoms with Gasteiger partial charge in [0.05, 0.1) is 12.9 Å². The van der Waals surface area contributed by atoms with E-state index in [1.165, 1.54) is 11.8 Å². The molecule has 0 saturated heterocycles. The Bertz CT molecular complexity index is 1210. The van der Waals surface area contributed by atoms with E-state index in [1.807, 2.05) is 45.0 Å². The van der Waals surface area contributed by atoms with Crippen LogP contribution in [-0.2, 0) is 10.2 Å². The quantitative estimate of drug-likeness (QED) is 0.423. The van der Waals surface area contributed by atoms with Crippen molar-refractivity contribution in [3.63, 3.8) is 0 Å². The summed E-state index contributed by atoms with van der Waals surface area (Å²) in [5, 5.41) is 11.2. The second-order valence-electron chi connectivity index (χ2n) is 7.89. The lowest BCUT2D eigenvalue weighted by Gasteiger charge is -2.11. The van der Waals surface area contributed by atoms with Gasteiger partial charge in [0.15, 0.2) is 5.58 Å². The molecule has 160 valence electrons. The van der Waals surface area contributed by atoms with Crippen molar-refractivity contribution in [3.8, 4) is 17.2 Å². The number of amides is 1. The lowest BCUT2D eigenvalue weighted by atomic mass is 9.97. The highest BCUT2D eigenvalue weighted by Gasteiger charge is 2.21. The number of carbonyl (C=O) groups is 1. The highest BCUT2D eigenvalue weighted by molar-refractivity contribution is 7.99. The lowest BCUT2D eigenvalue weighted by molar-refractivity contribution is -0.113. The smallest absolute Gasteiger partial charge is 0.277 e. The van der Waals surface area contributed by atoms with E-state index in [0.29, 0.717) is 33.8 Å². The molecule has 2 aromatic carbocycles. The second-order valence-corrected chi connectivity index (χ2v) is 8.82. The Hall–Kier alpha value is -3.33. The predicted molar refractivity (Wildman–Crippen MR) is 118 cm³/mol. The van der Waals surface area contributed by atoms with Gasteiger partial charge in [-0.05, 0) is 42.5 Å². The number of rotatable bonds is 6. The number of methoxy groups -OCH3 is 1. The van der Waals surface area contributed by atoms with Crippen LogP contribution in [-0.4, -0.2) is 34.0 Å². The summed E-state index contributed by atoms with van der Waals surface area (Å²) in [6.45, 7) is 6.11. The monoisotopic (exact) mass is 438 g/mol. The molecule has 0 atom stereocenters. The molecular formula is C22H22N4O4S. The normalized spacial score (nSPS) is 11.6. The SMILES string of the molecule is COc1ccc(-c2nnc(SCC(=O)Nc3ccc4oc(C(C)(C)C)nc4c3)o2)cc1. The van der Waals surface area contributed by atoms with E-state index in [9.17, 15) is 4.79 Å². The molecule has 9 heteroatoms. The van der Waals surface area contributed by atoms with Gasteiger partial charge in [0.1, 0.15) is 11.3 Å². The van der Waals surface area contributed by atoms with Crippen LogP contribution in [0, 0.1) is 0 Å². The van der Waals surface area contributed by atoms with Gasteiger partial charge in [-0.25, -0.2) is 4.98 Å². The first-order valence-corrected chi connectivity index (χ1v) is 10.6. The third-order valence-electron chi connectivity index (χ3n) is 4.38. The molecule has 4 rings (SSSR count). The van der Waals surface area contributed by atoms with Crippen LogP contribution in [0.5, 0.6) is 5.75 Å². The Morgan fingerprint density at radius 3 is 2.58 bits per heavy atom. The van der Waals surface area contributed by atoms with Crippen LogP contribution in [0.15, 0.2) is 56.5 Å². The maximum absolute atomic E-state index is 12.4. The summed E-state index contributed by atoms with van der Waals surface area (Å²) < 4.78 is 16.6. The zero-order valence-electron chi connectivity index (χ0n) is 17.6. The van der Waals surface area contributed by atoms with Crippen LogP contribution in [0.3, 0.4) is 0 Å². The number of anilines is 1. The van der Waals surface area contributed by atoms with Crippen molar-refractivity contribution in [1.29, 1.82) is 0 Å². The minimum atomic E-state index is -0.187. The zero-order chi connectivity index (χ0) is 22.0. The molecule has 0 fully saturated rings. The second kappa shape index (κ2) is 8.43. The van der Waals surface area contributed by atoms with Gasteiger partial charge in [0.2, 0.25) is 17.7 Å². The molecule has 1 N–H and O–H groups in total. The summed E-state index contributed by atoms with van der Waals surface area (Å²) in [5.74, 6) is 1.73. The molecule has 0 unspecified atom stereocenters. The molecular weight excluding hydrogens is 416 g/mol. The highest BCUT2D eigenvalue weighted by atomic mass is 32.2. The molecule has 0 radical (unpaired) electrons. The fraction of sp³-hybridized carbons (Fsp3) is 0.273. The molecule has 8 nitrogen and oxygen atoms in total. The molecule has 2 heterocycles. The summed E-state index contributed by atoms with van der Waals surface area (Å²) in [5.41, 5.74) is 2.63. The zero-order valence-corrected chi connectivity index (χ0v) is 18.4. The largest absolute Gasteiger partial charge is 0.497 e. The Morgan fingerprint density at radius 1 is 1.10 bits per heavy atom. The van der Waals surface area contributed by atoms with Gasteiger partial charge in [0, 0.05) is 16.7 Å². The fourth-order valence-electron chi connectivity index (χ4n) is 2.77. The summed E-state index contributed by atoms with van der Waals surface area (Å²) in [4.78, 5) is 16.9. The summed E-state index contributed by atoms with van der Waals surface area (Å²) in [6.07, 6.45) is 0. The van der Waals surface area contributed by atoms with Crippen molar-refractivity contribution in [2.45, 2.75) is 31.4 Å². The van der Waals surface area contributed by atoms with Crippen LogP contribution in [0.25, 0.3) is 22.6 Å². The summed E-state index contributed by atoms with van der Waals surface area (Å²) >= 11 is 1.17. The molecule has 0 aliphatic carbocycles. The Kier molecular flexibility index (Phi) is 5.69. The van der Waals surface area contributed by atoms with Gasteiger partial charge >= 0.3 is 0 Å². The van der Waals surface area contributed by atoms with Gasteiger partial charge in [-0.15, -0.1) is 10.2 Å². The molecule has 0 spiro atoms. The summed E-state index contributed by atoms with van der Waals surface area (Å²) in [6, 6.07) is 12.7. The molecule has 2 aromatic heterocycles. The summed E-state index contributed by atoms with van der Waals surface area (Å²) in [7, 11) is 1.61. The van der Waals surface area contributed by atoms with Gasteiger partial charge in [0.25, 0.3) is 5.22 Å². The standard InChI is InChI=1S/C22H22N4O4S/c1-22(2,3)20-24-16-11-14(7-10-17(16)29-20)23-18(27)12-31-21-26-25-19(30-21)13-5-8-15(28-4)9-6-13/h5-11H,12H2,1-4H3,(H,23,27). The Morgan fingerprint density at radius 2 is 1.87 bits per heavy atom. The third-order valence-corrected chi connectivity index (χ3v) is 5.20. The van der Waals surface area contributed by atoms with E-state index in [-0.39, 0.29) is 17.1 Å². The Balaban J connectivity index is 1.36. The molecule has 31 heavy (non-hydrogen) atoms. The molecule has 0 aliphatic heterocycles. The van der Waals surface area contributed by atoms with Gasteiger partial charge in [-0.2, -0.15) is 0 Å². The van der Waals surface area contributed by atoms with Crippen molar-refractivity contribution in [2.24, 2.45) is 0 Å². The topological polar surface area (TPSA) is 103 Å². The average Bonchev–Trinajstić information content (AvgIpc) is 3.39. The average molecular weight is 439 g/mol. The van der Waals surface area contributed by atoms with E-state index in [1.54, 1.807) is 25.3 Å². The van der Waals surface area contributed by atoms with E-state index in [4.69, 9.17) is 13.6 Å². The number of nitrogens with one attached hydrogen (secondary N) is 1. The van der Waals surface area contributed by atoms with Crippen LogP contribution in [0.2, 0.25) is 0 Å². The molecule has 0 bridgehead atoms. The van der Waals surface area contributed by atoms with Crippen LogP contribution >= 0.6 is 11.8 Å². The third kappa shape index (κ3) is 4.88. The number of hydrogen-bond acceptors (Lipinski definition) is 8. The van der Waals surface area contributed by atoms with Crippen molar-refractivity contribution in [1.82, 2.24) is 15.2 Å². The number of thioether (sulfide) groups is 1. The minimum absolute atomic E-state index is 0.133. The number of benzene rings is 2. The van der Waals surface area contributed by atoms with Crippen molar-refractivity contribution in [3.05, 3.63) is 48.4 Å². The van der Waals surface area contributed by atoms with Gasteiger partial charge < -0.3 is 18.9 Å².